The minimum Gasteiger partial charge on any atom is -0.383 e. The summed E-state index contributed by atoms with van der Waals surface area (Å²) in [6.07, 6.45) is 6.36. The minimum atomic E-state index is 0.169. The summed E-state index contributed by atoms with van der Waals surface area (Å²) in [6, 6.07) is 0. The van der Waals surface area contributed by atoms with E-state index >= 15 is 0 Å². The van der Waals surface area contributed by atoms with Crippen molar-refractivity contribution in [1.82, 2.24) is 4.90 Å². The van der Waals surface area contributed by atoms with Crippen molar-refractivity contribution in [3.63, 3.8) is 0 Å². The van der Waals surface area contributed by atoms with Crippen LogP contribution in [0.25, 0.3) is 0 Å². The van der Waals surface area contributed by atoms with E-state index in [0.717, 1.165) is 38.8 Å². The van der Waals surface area contributed by atoms with Crippen molar-refractivity contribution in [3.8, 4) is 0 Å². The van der Waals surface area contributed by atoms with Crippen LogP contribution in [0, 0.1) is 5.92 Å². The normalized spacial score (nSPS) is 27.9. The van der Waals surface area contributed by atoms with Gasteiger partial charge in [0.05, 0.1) is 13.2 Å². The smallest absolute Gasteiger partial charge is 0.0589 e. The van der Waals surface area contributed by atoms with E-state index in [9.17, 15) is 0 Å². The SMILES string of the molecule is CCC1CCC(CN)(N(CCOC)CCOC)CC1. The Labute approximate surface area is 118 Å². The lowest BCUT2D eigenvalue weighted by Gasteiger charge is -2.47. The summed E-state index contributed by atoms with van der Waals surface area (Å²) in [7, 11) is 3.52. The van der Waals surface area contributed by atoms with Gasteiger partial charge in [-0.3, -0.25) is 4.90 Å². The van der Waals surface area contributed by atoms with Gasteiger partial charge in [0.1, 0.15) is 0 Å². The zero-order chi connectivity index (χ0) is 14.1. The van der Waals surface area contributed by atoms with E-state index < -0.39 is 0 Å². The molecule has 1 saturated carbocycles. The zero-order valence-electron chi connectivity index (χ0n) is 13.0. The second kappa shape index (κ2) is 8.90. The maximum atomic E-state index is 6.15. The highest BCUT2D eigenvalue weighted by Gasteiger charge is 2.38. The molecule has 1 aliphatic rings. The van der Waals surface area contributed by atoms with E-state index in [4.69, 9.17) is 15.2 Å². The molecular formula is C15H32N2O2. The lowest BCUT2D eigenvalue weighted by atomic mass is 9.74. The van der Waals surface area contributed by atoms with Crippen LogP contribution in [0.5, 0.6) is 0 Å². The average molecular weight is 272 g/mol. The highest BCUT2D eigenvalue weighted by Crippen LogP contribution is 2.37. The van der Waals surface area contributed by atoms with Gasteiger partial charge in [0, 0.05) is 39.4 Å². The molecule has 0 atom stereocenters. The number of methoxy groups -OCH3 is 2. The summed E-state index contributed by atoms with van der Waals surface area (Å²) in [4.78, 5) is 2.51. The third-order valence-corrected chi connectivity index (χ3v) is 4.79. The summed E-state index contributed by atoms with van der Waals surface area (Å²) < 4.78 is 10.5. The van der Waals surface area contributed by atoms with Gasteiger partial charge in [0.2, 0.25) is 0 Å². The molecule has 0 aromatic heterocycles. The van der Waals surface area contributed by atoms with Crippen molar-refractivity contribution in [3.05, 3.63) is 0 Å². The summed E-state index contributed by atoms with van der Waals surface area (Å²) in [5.41, 5.74) is 6.32. The van der Waals surface area contributed by atoms with Gasteiger partial charge in [-0.15, -0.1) is 0 Å². The van der Waals surface area contributed by atoms with Crippen molar-refractivity contribution in [2.75, 3.05) is 47.1 Å². The topological polar surface area (TPSA) is 47.7 Å². The van der Waals surface area contributed by atoms with Gasteiger partial charge in [-0.1, -0.05) is 13.3 Å². The molecule has 0 aliphatic heterocycles. The van der Waals surface area contributed by atoms with Gasteiger partial charge >= 0.3 is 0 Å². The summed E-state index contributed by atoms with van der Waals surface area (Å²) in [6.45, 7) is 6.48. The van der Waals surface area contributed by atoms with Gasteiger partial charge in [-0.05, 0) is 31.6 Å². The van der Waals surface area contributed by atoms with Crippen LogP contribution >= 0.6 is 0 Å². The van der Waals surface area contributed by atoms with Crippen LogP contribution in [0.4, 0.5) is 0 Å². The fourth-order valence-corrected chi connectivity index (χ4v) is 3.26. The monoisotopic (exact) mass is 272 g/mol. The number of nitrogens with zero attached hydrogens (tertiary/aromatic N) is 1. The maximum Gasteiger partial charge on any atom is 0.0589 e. The molecule has 2 N–H and O–H groups in total. The number of rotatable bonds is 9. The Balaban J connectivity index is 2.65. The largest absolute Gasteiger partial charge is 0.383 e. The second-order valence-electron chi connectivity index (χ2n) is 5.75. The quantitative estimate of drug-likeness (QED) is 0.696. The molecule has 0 aromatic rings. The first-order valence-corrected chi connectivity index (χ1v) is 7.65. The molecule has 0 radical (unpaired) electrons. The predicted octanol–water partition coefficient (Wildman–Crippen LogP) is 1.88. The molecule has 4 heteroatoms. The van der Waals surface area contributed by atoms with E-state index in [-0.39, 0.29) is 5.54 Å². The van der Waals surface area contributed by atoms with Crippen LogP contribution in [-0.2, 0) is 9.47 Å². The van der Waals surface area contributed by atoms with Crippen LogP contribution in [0.15, 0.2) is 0 Å². The van der Waals surface area contributed by atoms with Crippen molar-refractivity contribution >= 4 is 0 Å². The Hall–Kier alpha value is -0.160. The second-order valence-corrected chi connectivity index (χ2v) is 5.75. The first-order valence-electron chi connectivity index (χ1n) is 7.65. The lowest BCUT2D eigenvalue weighted by Crippen LogP contribution is -2.57. The summed E-state index contributed by atoms with van der Waals surface area (Å²) in [5.74, 6) is 0.895. The fourth-order valence-electron chi connectivity index (χ4n) is 3.26. The van der Waals surface area contributed by atoms with Gasteiger partial charge < -0.3 is 15.2 Å². The Kier molecular flexibility index (Phi) is 7.91. The van der Waals surface area contributed by atoms with Crippen molar-refractivity contribution < 1.29 is 9.47 Å². The third kappa shape index (κ3) is 4.71. The Morgan fingerprint density at radius 2 is 1.63 bits per heavy atom. The third-order valence-electron chi connectivity index (χ3n) is 4.79. The van der Waals surface area contributed by atoms with Gasteiger partial charge in [0.25, 0.3) is 0 Å². The van der Waals surface area contributed by atoms with Crippen molar-refractivity contribution in [2.24, 2.45) is 11.7 Å². The molecule has 1 rings (SSSR count). The van der Waals surface area contributed by atoms with E-state index in [0.29, 0.717) is 0 Å². The van der Waals surface area contributed by atoms with Crippen molar-refractivity contribution in [2.45, 2.75) is 44.6 Å². The maximum absolute atomic E-state index is 6.15. The molecule has 4 nitrogen and oxygen atoms in total. The Morgan fingerprint density at radius 3 is 2.00 bits per heavy atom. The molecule has 19 heavy (non-hydrogen) atoms. The molecule has 0 amide bonds. The van der Waals surface area contributed by atoms with E-state index in [1.54, 1.807) is 14.2 Å². The van der Waals surface area contributed by atoms with Gasteiger partial charge in [-0.2, -0.15) is 0 Å². The Bertz CT molecular complexity index is 220. The molecule has 1 aliphatic carbocycles. The van der Waals surface area contributed by atoms with Crippen LogP contribution in [0.2, 0.25) is 0 Å². The van der Waals surface area contributed by atoms with Crippen molar-refractivity contribution in [1.29, 1.82) is 0 Å². The van der Waals surface area contributed by atoms with Gasteiger partial charge in [-0.25, -0.2) is 0 Å². The highest BCUT2D eigenvalue weighted by atomic mass is 16.5. The fraction of sp³-hybridized carbons (Fsp3) is 1.00. The number of ether oxygens (including phenoxy) is 2. The summed E-state index contributed by atoms with van der Waals surface area (Å²) in [5, 5.41) is 0. The number of hydrogen-bond donors (Lipinski definition) is 1. The van der Waals surface area contributed by atoms with Gasteiger partial charge in [0.15, 0.2) is 0 Å². The molecule has 0 aromatic carbocycles. The number of hydrogen-bond acceptors (Lipinski definition) is 4. The molecule has 1 fully saturated rings. The molecule has 0 heterocycles. The van der Waals surface area contributed by atoms with Crippen LogP contribution < -0.4 is 5.73 Å². The zero-order valence-corrected chi connectivity index (χ0v) is 13.0. The molecule has 114 valence electrons. The molecule has 0 spiro atoms. The average Bonchev–Trinajstić information content (AvgIpc) is 2.47. The molecule has 0 bridgehead atoms. The number of nitrogens with two attached hydrogens (primary N) is 1. The molecular weight excluding hydrogens is 240 g/mol. The summed E-state index contributed by atoms with van der Waals surface area (Å²) >= 11 is 0. The van der Waals surface area contributed by atoms with E-state index in [2.05, 4.69) is 11.8 Å². The lowest BCUT2D eigenvalue weighted by molar-refractivity contribution is 0.00614. The Morgan fingerprint density at radius 1 is 1.11 bits per heavy atom. The first kappa shape index (κ1) is 16.9. The standard InChI is InChI=1S/C15H32N2O2/c1-4-14-5-7-15(13-16,8-6-14)17(9-11-18-2)10-12-19-3/h14H,4-13,16H2,1-3H3. The van der Waals surface area contributed by atoms with Crippen LogP contribution in [-0.4, -0.2) is 57.5 Å². The highest BCUT2D eigenvalue weighted by molar-refractivity contribution is 4.95. The van der Waals surface area contributed by atoms with E-state index in [1.165, 1.54) is 32.1 Å². The van der Waals surface area contributed by atoms with Crippen LogP contribution in [0.1, 0.15) is 39.0 Å². The molecule has 0 unspecified atom stereocenters. The minimum absolute atomic E-state index is 0.169. The first-order chi connectivity index (χ1) is 9.22. The van der Waals surface area contributed by atoms with E-state index in [1.807, 2.05) is 0 Å². The molecule has 0 saturated heterocycles. The van der Waals surface area contributed by atoms with Crippen LogP contribution in [0.3, 0.4) is 0 Å². The predicted molar refractivity (Wildman–Crippen MR) is 79.4 cm³/mol.